The van der Waals surface area contributed by atoms with Gasteiger partial charge in [-0.3, -0.25) is 0 Å². The van der Waals surface area contributed by atoms with Crippen LogP contribution in [0.3, 0.4) is 0 Å². The first-order valence-electron chi connectivity index (χ1n) is 7.24. The van der Waals surface area contributed by atoms with Gasteiger partial charge in [0.2, 0.25) is 20.0 Å². The molecule has 0 atom stereocenters. The van der Waals surface area contributed by atoms with E-state index in [-0.39, 0.29) is 40.6 Å². The number of sulfonamides is 2. The van der Waals surface area contributed by atoms with Gasteiger partial charge in [0.1, 0.15) is 0 Å². The number of nitrogens with zero attached hydrogens (tertiary/aromatic N) is 1. The van der Waals surface area contributed by atoms with E-state index in [4.69, 9.17) is 11.6 Å². The predicted octanol–water partition coefficient (Wildman–Crippen LogP) is 2.41. The Hall–Kier alpha value is -1.32. The van der Waals surface area contributed by atoms with Gasteiger partial charge in [-0.25, -0.2) is 21.6 Å². The summed E-state index contributed by atoms with van der Waals surface area (Å²) >= 11 is 5.89. The molecule has 136 valence electrons. The molecule has 1 aromatic carbocycles. The summed E-state index contributed by atoms with van der Waals surface area (Å²) in [5.74, 6) is -1.63. The molecule has 0 fully saturated rings. The van der Waals surface area contributed by atoms with Crippen molar-refractivity contribution < 1.29 is 26.4 Å². The Bertz CT molecular complexity index is 769. The van der Waals surface area contributed by atoms with Crippen LogP contribution in [0, 0.1) is 0 Å². The monoisotopic (exact) mass is 397 g/mol. The zero-order chi connectivity index (χ0) is 18.5. The van der Waals surface area contributed by atoms with Gasteiger partial charge >= 0.3 is 5.97 Å². The predicted molar refractivity (Wildman–Crippen MR) is 93.4 cm³/mol. The Kier molecular flexibility index (Phi) is 7.06. The number of benzene rings is 1. The molecule has 0 bridgehead atoms. The fourth-order valence-electron chi connectivity index (χ4n) is 2.09. The molecule has 7 nitrogen and oxygen atoms in total. The van der Waals surface area contributed by atoms with E-state index in [1.165, 1.54) is 12.1 Å². The molecule has 0 radical (unpaired) electrons. The molecule has 0 aliphatic carbocycles. The summed E-state index contributed by atoms with van der Waals surface area (Å²) in [6, 6.07) is 3.72. The average Bonchev–Trinajstić information content (AvgIpc) is 2.45. The molecule has 0 saturated carbocycles. The van der Waals surface area contributed by atoms with Crippen LogP contribution >= 0.6 is 11.6 Å². The summed E-state index contributed by atoms with van der Waals surface area (Å²) in [6.07, 6.45) is 0.434. The maximum absolute atomic E-state index is 12.6. The summed E-state index contributed by atoms with van der Waals surface area (Å²) < 4.78 is 55.2. The van der Waals surface area contributed by atoms with Crippen LogP contribution in [0.4, 0.5) is 5.69 Å². The number of methoxy groups -OCH3 is 1. The SMILES string of the molecule is CCCS(=O)(=O)N(c1cc(Cl)ccc1C(=O)OC)S(=O)(=O)CCC. The maximum atomic E-state index is 12.6. The molecule has 0 aliphatic rings. The molecule has 0 amide bonds. The van der Waals surface area contributed by atoms with Crippen molar-refractivity contribution in [2.75, 3.05) is 22.3 Å². The minimum atomic E-state index is -4.21. The third-order valence-corrected chi connectivity index (χ3v) is 7.84. The maximum Gasteiger partial charge on any atom is 0.340 e. The molecule has 0 unspecified atom stereocenters. The summed E-state index contributed by atoms with van der Waals surface area (Å²) in [5.41, 5.74) is -0.516. The van der Waals surface area contributed by atoms with E-state index in [2.05, 4.69) is 4.74 Å². The number of rotatable bonds is 8. The van der Waals surface area contributed by atoms with E-state index >= 15 is 0 Å². The van der Waals surface area contributed by atoms with Gasteiger partial charge in [0.15, 0.2) is 0 Å². The zero-order valence-electron chi connectivity index (χ0n) is 13.7. The van der Waals surface area contributed by atoms with Gasteiger partial charge < -0.3 is 4.74 Å². The van der Waals surface area contributed by atoms with Gasteiger partial charge in [0.25, 0.3) is 0 Å². The molecule has 0 aliphatic heterocycles. The second kappa shape index (κ2) is 8.17. The van der Waals surface area contributed by atoms with Crippen molar-refractivity contribution in [1.29, 1.82) is 0 Å². The van der Waals surface area contributed by atoms with Gasteiger partial charge in [0.05, 0.1) is 29.9 Å². The third kappa shape index (κ3) is 4.61. The Balaban J connectivity index is 3.75. The fraction of sp³-hybridized carbons (Fsp3) is 0.500. The Morgan fingerprint density at radius 1 is 1.08 bits per heavy atom. The lowest BCUT2D eigenvalue weighted by Crippen LogP contribution is -2.40. The Labute approximate surface area is 147 Å². The molecule has 0 aromatic heterocycles. The fourth-order valence-corrected chi connectivity index (χ4v) is 6.36. The lowest BCUT2D eigenvalue weighted by atomic mass is 10.2. The van der Waals surface area contributed by atoms with Crippen molar-refractivity contribution in [2.45, 2.75) is 26.7 Å². The molecule has 0 N–H and O–H groups in total. The summed E-state index contributed by atoms with van der Waals surface area (Å²) in [7, 11) is -7.30. The lowest BCUT2D eigenvalue weighted by molar-refractivity contribution is 0.0602. The molecule has 1 aromatic rings. The van der Waals surface area contributed by atoms with Crippen molar-refractivity contribution in [3.05, 3.63) is 28.8 Å². The van der Waals surface area contributed by atoms with Crippen LogP contribution in [0.5, 0.6) is 0 Å². The van der Waals surface area contributed by atoms with Gasteiger partial charge in [-0.05, 0) is 31.0 Å². The topological polar surface area (TPSA) is 97.8 Å². The number of esters is 1. The Morgan fingerprint density at radius 2 is 1.58 bits per heavy atom. The highest BCUT2D eigenvalue weighted by atomic mass is 35.5. The minimum absolute atomic E-state index is 0.0982. The quantitative estimate of drug-likeness (QED) is 0.625. The van der Waals surface area contributed by atoms with Crippen molar-refractivity contribution in [3.8, 4) is 0 Å². The number of carbonyl (C=O) groups excluding carboxylic acids is 1. The third-order valence-electron chi connectivity index (χ3n) is 2.99. The van der Waals surface area contributed by atoms with E-state index in [0.717, 1.165) is 13.2 Å². The molecular weight excluding hydrogens is 378 g/mol. The molecule has 0 heterocycles. The zero-order valence-corrected chi connectivity index (χ0v) is 16.0. The van der Waals surface area contributed by atoms with Crippen LogP contribution in [0.2, 0.25) is 5.02 Å². The van der Waals surface area contributed by atoms with Gasteiger partial charge in [-0.1, -0.05) is 25.4 Å². The molecule has 0 spiro atoms. The number of hydrogen-bond donors (Lipinski definition) is 0. The number of ether oxygens (including phenoxy) is 1. The average molecular weight is 398 g/mol. The van der Waals surface area contributed by atoms with Gasteiger partial charge in [0, 0.05) is 5.02 Å². The van der Waals surface area contributed by atoms with Crippen LogP contribution in [-0.2, 0) is 24.8 Å². The smallest absolute Gasteiger partial charge is 0.340 e. The summed E-state index contributed by atoms with van der Waals surface area (Å²) in [5, 5.41) is 0.0982. The normalized spacial score (nSPS) is 12.0. The first kappa shape index (κ1) is 20.7. The van der Waals surface area contributed by atoms with Crippen LogP contribution < -0.4 is 3.71 Å². The lowest BCUT2D eigenvalue weighted by Gasteiger charge is -2.25. The van der Waals surface area contributed by atoms with Gasteiger partial charge in [-0.2, -0.15) is 3.71 Å². The first-order valence-corrected chi connectivity index (χ1v) is 10.8. The second-order valence-corrected chi connectivity index (χ2v) is 9.52. The first-order chi connectivity index (χ1) is 11.1. The van der Waals surface area contributed by atoms with Crippen molar-refractivity contribution in [2.24, 2.45) is 0 Å². The molecule has 24 heavy (non-hydrogen) atoms. The number of halogens is 1. The van der Waals surface area contributed by atoms with Crippen LogP contribution in [0.1, 0.15) is 37.0 Å². The number of anilines is 1. The molecule has 10 heteroatoms. The van der Waals surface area contributed by atoms with Crippen molar-refractivity contribution in [1.82, 2.24) is 0 Å². The van der Waals surface area contributed by atoms with Crippen molar-refractivity contribution >= 4 is 43.3 Å². The number of carbonyl (C=O) groups is 1. The molecule has 1 rings (SSSR count). The van der Waals surface area contributed by atoms with E-state index in [9.17, 15) is 21.6 Å². The summed E-state index contributed by atoms with van der Waals surface area (Å²) in [4.78, 5) is 11.9. The van der Waals surface area contributed by atoms with Crippen LogP contribution in [-0.4, -0.2) is 41.4 Å². The highest BCUT2D eigenvalue weighted by Crippen LogP contribution is 2.31. The van der Waals surface area contributed by atoms with Gasteiger partial charge in [-0.15, -0.1) is 0 Å². The van der Waals surface area contributed by atoms with Crippen LogP contribution in [0.25, 0.3) is 0 Å². The van der Waals surface area contributed by atoms with E-state index in [0.29, 0.717) is 3.71 Å². The number of hydrogen-bond acceptors (Lipinski definition) is 6. The van der Waals surface area contributed by atoms with Crippen LogP contribution in [0.15, 0.2) is 18.2 Å². The molecular formula is C14H20ClNO6S2. The van der Waals surface area contributed by atoms with Crippen molar-refractivity contribution in [3.63, 3.8) is 0 Å². The highest BCUT2D eigenvalue weighted by Gasteiger charge is 2.36. The standard InChI is InChI=1S/C14H20ClNO6S2/c1-4-8-23(18,19)16(24(20,21)9-5-2)13-10-11(15)6-7-12(13)14(17)22-3/h6-7,10H,4-5,8-9H2,1-3H3. The second-order valence-electron chi connectivity index (χ2n) is 4.98. The Morgan fingerprint density at radius 3 is 2.00 bits per heavy atom. The van der Waals surface area contributed by atoms with E-state index < -0.39 is 26.0 Å². The minimum Gasteiger partial charge on any atom is -0.465 e. The summed E-state index contributed by atoms with van der Waals surface area (Å²) in [6.45, 7) is 3.22. The largest absolute Gasteiger partial charge is 0.465 e. The van der Waals surface area contributed by atoms with E-state index in [1.54, 1.807) is 13.8 Å². The van der Waals surface area contributed by atoms with E-state index in [1.807, 2.05) is 0 Å². The molecule has 0 saturated heterocycles. The highest BCUT2D eigenvalue weighted by molar-refractivity contribution is 8.10.